The Labute approximate surface area is 107 Å². The van der Waals surface area contributed by atoms with E-state index in [1.165, 1.54) is 19.3 Å². The third kappa shape index (κ3) is 2.07. The van der Waals surface area contributed by atoms with Crippen molar-refractivity contribution in [2.45, 2.75) is 45.1 Å². The van der Waals surface area contributed by atoms with Gasteiger partial charge in [0.1, 0.15) is 6.04 Å². The van der Waals surface area contributed by atoms with E-state index in [0.717, 1.165) is 30.0 Å². The smallest absolute Gasteiger partial charge is 0.247 e. The maximum absolute atomic E-state index is 12.1. The molecule has 1 aliphatic heterocycles. The number of aryl methyl sites for hydroxylation is 1. The molecular formula is C14H19N3O. The van der Waals surface area contributed by atoms with Gasteiger partial charge >= 0.3 is 0 Å². The molecule has 1 unspecified atom stereocenters. The molecule has 2 N–H and O–H groups in total. The topological polar surface area (TPSA) is 54.0 Å². The number of amides is 1. The maximum atomic E-state index is 12.1. The highest BCUT2D eigenvalue weighted by Gasteiger charge is 2.33. The second kappa shape index (κ2) is 4.59. The summed E-state index contributed by atoms with van der Waals surface area (Å²) in [5.41, 5.74) is 1.78. The monoisotopic (exact) mass is 245 g/mol. The number of fused-ring (bicyclic) bond motifs is 1. The van der Waals surface area contributed by atoms with E-state index in [1.807, 2.05) is 19.1 Å². The average molecular weight is 245 g/mol. The lowest BCUT2D eigenvalue weighted by Crippen LogP contribution is -2.45. The van der Waals surface area contributed by atoms with E-state index < -0.39 is 0 Å². The summed E-state index contributed by atoms with van der Waals surface area (Å²) in [5, 5.41) is 6.30. The lowest BCUT2D eigenvalue weighted by Gasteiger charge is -2.33. The highest BCUT2D eigenvalue weighted by Crippen LogP contribution is 2.33. The van der Waals surface area contributed by atoms with Gasteiger partial charge < -0.3 is 10.6 Å². The van der Waals surface area contributed by atoms with Crippen LogP contribution in [0.2, 0.25) is 0 Å². The van der Waals surface area contributed by atoms with E-state index in [4.69, 9.17) is 0 Å². The molecule has 0 saturated heterocycles. The minimum atomic E-state index is -0.105. The summed E-state index contributed by atoms with van der Waals surface area (Å²) < 4.78 is 0. The molecule has 0 bridgehead atoms. The first-order valence-electron chi connectivity index (χ1n) is 6.79. The highest BCUT2D eigenvalue weighted by atomic mass is 16.2. The molecule has 4 heteroatoms. The zero-order valence-electron chi connectivity index (χ0n) is 10.7. The van der Waals surface area contributed by atoms with Crippen LogP contribution < -0.4 is 10.6 Å². The molecule has 0 radical (unpaired) electrons. The summed E-state index contributed by atoms with van der Waals surface area (Å²) in [5.74, 6) is 1.37. The molecule has 2 aliphatic rings. The Hall–Kier alpha value is -1.58. The number of nitrogens with one attached hydrogen (secondary N) is 2. The van der Waals surface area contributed by atoms with Crippen LogP contribution >= 0.6 is 0 Å². The Morgan fingerprint density at radius 1 is 1.22 bits per heavy atom. The van der Waals surface area contributed by atoms with E-state index >= 15 is 0 Å². The molecule has 1 aromatic heterocycles. The molecule has 1 aromatic rings. The summed E-state index contributed by atoms with van der Waals surface area (Å²) in [6.45, 7) is 1.97. The van der Waals surface area contributed by atoms with Crippen LogP contribution in [0.25, 0.3) is 0 Å². The molecule has 96 valence electrons. The fraction of sp³-hybridized carbons (Fsp3) is 0.571. The largest absolute Gasteiger partial charge is 0.356 e. The van der Waals surface area contributed by atoms with Gasteiger partial charge in [-0.15, -0.1) is 0 Å². The van der Waals surface area contributed by atoms with Crippen LogP contribution in [0.4, 0.5) is 11.5 Å². The van der Waals surface area contributed by atoms with Gasteiger partial charge in [-0.05, 0) is 37.8 Å². The summed E-state index contributed by atoms with van der Waals surface area (Å²) in [7, 11) is 0. The molecule has 1 atom stereocenters. The Morgan fingerprint density at radius 3 is 2.78 bits per heavy atom. The van der Waals surface area contributed by atoms with Crippen molar-refractivity contribution in [3.05, 3.63) is 17.8 Å². The van der Waals surface area contributed by atoms with Crippen molar-refractivity contribution in [1.82, 2.24) is 4.98 Å². The number of carbonyl (C=O) groups is 1. The maximum Gasteiger partial charge on any atom is 0.247 e. The Kier molecular flexibility index (Phi) is 2.94. The quantitative estimate of drug-likeness (QED) is 0.799. The Bertz CT molecular complexity index is 466. The minimum absolute atomic E-state index is 0.0973. The third-order valence-electron chi connectivity index (χ3n) is 3.99. The lowest BCUT2D eigenvalue weighted by atomic mass is 9.83. The number of rotatable bonds is 1. The van der Waals surface area contributed by atoms with Crippen LogP contribution in [0.3, 0.4) is 0 Å². The van der Waals surface area contributed by atoms with Gasteiger partial charge in [0.25, 0.3) is 0 Å². The van der Waals surface area contributed by atoms with E-state index in [-0.39, 0.29) is 11.9 Å². The number of hydrogen-bond donors (Lipinski definition) is 2. The van der Waals surface area contributed by atoms with Crippen molar-refractivity contribution in [1.29, 1.82) is 0 Å². The van der Waals surface area contributed by atoms with Gasteiger partial charge in [-0.25, -0.2) is 4.98 Å². The average Bonchev–Trinajstić information content (AvgIpc) is 2.39. The SMILES string of the molecule is Cc1ccc2c(n1)NC(C1CCCCC1)C(=O)N2. The van der Waals surface area contributed by atoms with Crippen molar-refractivity contribution in [3.8, 4) is 0 Å². The van der Waals surface area contributed by atoms with Gasteiger partial charge in [0.15, 0.2) is 5.82 Å². The predicted molar refractivity (Wildman–Crippen MR) is 71.6 cm³/mol. The Morgan fingerprint density at radius 2 is 2.00 bits per heavy atom. The number of aromatic nitrogens is 1. The van der Waals surface area contributed by atoms with Gasteiger partial charge in [0.05, 0.1) is 5.69 Å². The van der Waals surface area contributed by atoms with E-state index in [2.05, 4.69) is 15.6 Å². The second-order valence-corrected chi connectivity index (χ2v) is 5.36. The van der Waals surface area contributed by atoms with Crippen LogP contribution in [0.15, 0.2) is 12.1 Å². The predicted octanol–water partition coefficient (Wildman–Crippen LogP) is 2.70. The molecule has 3 rings (SSSR count). The van der Waals surface area contributed by atoms with Gasteiger partial charge in [0, 0.05) is 5.69 Å². The third-order valence-corrected chi connectivity index (χ3v) is 3.99. The fourth-order valence-electron chi connectivity index (χ4n) is 2.99. The minimum Gasteiger partial charge on any atom is -0.356 e. The van der Waals surface area contributed by atoms with Crippen molar-refractivity contribution in [2.24, 2.45) is 5.92 Å². The number of anilines is 2. The van der Waals surface area contributed by atoms with E-state index in [9.17, 15) is 4.79 Å². The molecule has 1 amide bonds. The Balaban J connectivity index is 1.83. The standard InChI is InChI=1S/C14H19N3O/c1-9-7-8-11-13(15-9)17-12(14(18)16-11)10-5-3-2-4-6-10/h7-8,10,12H,2-6H2,1H3,(H,15,17)(H,16,18). The normalized spacial score (nSPS) is 24.1. The van der Waals surface area contributed by atoms with Gasteiger partial charge in [-0.1, -0.05) is 19.3 Å². The number of pyridine rings is 1. The van der Waals surface area contributed by atoms with Crippen LogP contribution in [-0.4, -0.2) is 16.9 Å². The van der Waals surface area contributed by atoms with E-state index in [0.29, 0.717) is 5.92 Å². The first kappa shape index (κ1) is 11.5. The molecule has 1 fully saturated rings. The molecule has 1 aliphatic carbocycles. The van der Waals surface area contributed by atoms with Gasteiger partial charge in [0.2, 0.25) is 5.91 Å². The second-order valence-electron chi connectivity index (χ2n) is 5.36. The van der Waals surface area contributed by atoms with Gasteiger partial charge in [-0.3, -0.25) is 4.79 Å². The zero-order chi connectivity index (χ0) is 12.5. The summed E-state index contributed by atoms with van der Waals surface area (Å²) in [6, 6.07) is 3.73. The van der Waals surface area contributed by atoms with Gasteiger partial charge in [-0.2, -0.15) is 0 Å². The molecule has 18 heavy (non-hydrogen) atoms. The first-order valence-corrected chi connectivity index (χ1v) is 6.79. The van der Waals surface area contributed by atoms with E-state index in [1.54, 1.807) is 0 Å². The number of carbonyl (C=O) groups excluding carboxylic acids is 1. The molecule has 0 spiro atoms. The van der Waals surface area contributed by atoms with Crippen molar-refractivity contribution in [2.75, 3.05) is 10.6 Å². The number of nitrogens with zero attached hydrogens (tertiary/aromatic N) is 1. The molecule has 0 aromatic carbocycles. The van der Waals surface area contributed by atoms with Crippen LogP contribution in [0.1, 0.15) is 37.8 Å². The molecule has 2 heterocycles. The first-order chi connectivity index (χ1) is 8.74. The summed E-state index contributed by atoms with van der Waals surface area (Å²) in [4.78, 5) is 16.6. The summed E-state index contributed by atoms with van der Waals surface area (Å²) >= 11 is 0. The lowest BCUT2D eigenvalue weighted by molar-refractivity contribution is -0.118. The van der Waals surface area contributed by atoms with Crippen LogP contribution in [-0.2, 0) is 4.79 Å². The van der Waals surface area contributed by atoms with Crippen molar-refractivity contribution < 1.29 is 4.79 Å². The molecular weight excluding hydrogens is 226 g/mol. The highest BCUT2D eigenvalue weighted by molar-refractivity contribution is 6.02. The molecule has 1 saturated carbocycles. The number of hydrogen-bond acceptors (Lipinski definition) is 3. The zero-order valence-corrected chi connectivity index (χ0v) is 10.7. The van der Waals surface area contributed by atoms with Crippen LogP contribution in [0, 0.1) is 12.8 Å². The summed E-state index contributed by atoms with van der Waals surface area (Å²) in [6.07, 6.45) is 6.08. The fourth-order valence-corrected chi connectivity index (χ4v) is 2.99. The van der Waals surface area contributed by atoms with Crippen molar-refractivity contribution in [3.63, 3.8) is 0 Å². The van der Waals surface area contributed by atoms with Crippen LogP contribution in [0.5, 0.6) is 0 Å². The molecule has 4 nitrogen and oxygen atoms in total. The van der Waals surface area contributed by atoms with Crippen molar-refractivity contribution >= 4 is 17.4 Å².